The van der Waals surface area contributed by atoms with Crippen LogP contribution in [-0.2, 0) is 15.0 Å². The minimum absolute atomic E-state index is 0.00369. The van der Waals surface area contributed by atoms with Crippen molar-refractivity contribution in [2.75, 3.05) is 27.2 Å². The average Bonchev–Trinajstić information content (AvgIpc) is 3.24. The van der Waals surface area contributed by atoms with Crippen LogP contribution in [0.1, 0.15) is 49.3 Å². The van der Waals surface area contributed by atoms with Gasteiger partial charge in [-0.25, -0.2) is 4.98 Å². The SMILES string of the molecule is Cc1nc2ccccn2c1C([O-])=C1C(=O)C(=O)N(CC[NH+](C)C)C1c1ccc(C(C)(C)C)cc1. The van der Waals surface area contributed by atoms with Crippen LogP contribution in [-0.4, -0.2) is 53.2 Å². The summed E-state index contributed by atoms with van der Waals surface area (Å²) in [4.78, 5) is 33.6. The van der Waals surface area contributed by atoms with Crippen LogP contribution in [0.25, 0.3) is 11.4 Å². The number of ketones is 1. The maximum absolute atomic E-state index is 13.9. The Morgan fingerprint density at radius 1 is 1.09 bits per heavy atom. The van der Waals surface area contributed by atoms with Gasteiger partial charge in [-0.15, -0.1) is 0 Å². The second kappa shape index (κ2) is 8.72. The fraction of sp³-hybridized carbons (Fsp3) is 0.370. The molecule has 3 aromatic rings. The molecule has 1 unspecified atom stereocenters. The van der Waals surface area contributed by atoms with Crippen LogP contribution in [0, 0.1) is 6.92 Å². The molecule has 1 atom stereocenters. The molecule has 0 radical (unpaired) electrons. The summed E-state index contributed by atoms with van der Waals surface area (Å²) in [5.41, 5.74) is 3.34. The predicted molar refractivity (Wildman–Crippen MR) is 129 cm³/mol. The van der Waals surface area contributed by atoms with Gasteiger partial charge in [0.1, 0.15) is 5.65 Å². The topological polar surface area (TPSA) is 82.2 Å². The number of Topliss-reactive ketones (excluding diaryl/α,β-unsaturated/α-hetero) is 1. The third-order valence-electron chi connectivity index (χ3n) is 6.39. The first kappa shape index (κ1) is 23.7. The molecule has 1 saturated heterocycles. The number of carbonyl (C=O) groups excluding carboxylic acids is 2. The molecule has 1 aliphatic heterocycles. The average molecular weight is 461 g/mol. The van der Waals surface area contributed by atoms with E-state index in [1.165, 1.54) is 0 Å². The summed E-state index contributed by atoms with van der Waals surface area (Å²) in [6.45, 7) is 9.18. The van der Waals surface area contributed by atoms with Gasteiger partial charge in [0.15, 0.2) is 0 Å². The molecule has 0 saturated carbocycles. The van der Waals surface area contributed by atoms with Crippen molar-refractivity contribution in [2.24, 2.45) is 0 Å². The number of imidazole rings is 1. The molecule has 1 aliphatic rings. The van der Waals surface area contributed by atoms with E-state index >= 15 is 0 Å². The monoisotopic (exact) mass is 460 g/mol. The molecule has 1 aromatic carbocycles. The van der Waals surface area contributed by atoms with Gasteiger partial charge in [-0.05, 0) is 35.6 Å². The minimum Gasteiger partial charge on any atom is -0.871 e. The lowest BCUT2D eigenvalue weighted by molar-refractivity contribution is -0.857. The van der Waals surface area contributed by atoms with Gasteiger partial charge in [-0.2, -0.15) is 0 Å². The first-order chi connectivity index (χ1) is 16.0. The lowest BCUT2D eigenvalue weighted by atomic mass is 9.85. The van der Waals surface area contributed by atoms with E-state index in [1.54, 1.807) is 22.4 Å². The minimum atomic E-state index is -0.728. The highest BCUT2D eigenvalue weighted by Gasteiger charge is 2.44. The second-order valence-corrected chi connectivity index (χ2v) is 10.3. The molecule has 0 aliphatic carbocycles. The van der Waals surface area contributed by atoms with Gasteiger partial charge in [-0.3, -0.25) is 9.59 Å². The maximum Gasteiger partial charge on any atom is 0.295 e. The summed E-state index contributed by atoms with van der Waals surface area (Å²) in [6, 6.07) is 12.6. The number of carbonyl (C=O) groups is 2. The Kier molecular flexibility index (Phi) is 6.08. The van der Waals surface area contributed by atoms with Gasteiger partial charge < -0.3 is 19.3 Å². The number of pyridine rings is 1. The highest BCUT2D eigenvalue weighted by Crippen LogP contribution is 2.39. The molecule has 1 amide bonds. The van der Waals surface area contributed by atoms with Crippen molar-refractivity contribution in [1.82, 2.24) is 14.3 Å². The lowest BCUT2D eigenvalue weighted by Crippen LogP contribution is -3.06. The van der Waals surface area contributed by atoms with Crippen LogP contribution in [0.4, 0.5) is 0 Å². The van der Waals surface area contributed by atoms with Crippen molar-refractivity contribution in [3.05, 3.63) is 76.7 Å². The summed E-state index contributed by atoms with van der Waals surface area (Å²) in [5, 5.41) is 13.9. The Bertz CT molecular complexity index is 1280. The van der Waals surface area contributed by atoms with E-state index < -0.39 is 23.5 Å². The number of amides is 1. The molecule has 1 fully saturated rings. The standard InChI is InChI=1S/C27H32N4O3/c1-17-22(30-14-8-7-9-20(30)28-17)24(32)21-23(18-10-12-19(13-11-18)27(2,3)4)31(16-15-29(5)6)26(34)25(21)33/h7-14,23,32H,15-16H2,1-6H3. The summed E-state index contributed by atoms with van der Waals surface area (Å²) < 4.78 is 1.69. The zero-order valence-electron chi connectivity index (χ0n) is 20.7. The number of benzene rings is 1. The van der Waals surface area contributed by atoms with Gasteiger partial charge >= 0.3 is 0 Å². The number of rotatable bonds is 5. The Hall–Kier alpha value is -3.45. The fourth-order valence-corrected chi connectivity index (χ4v) is 4.47. The number of hydrogen-bond donors (Lipinski definition) is 1. The molecule has 4 rings (SSSR count). The smallest absolute Gasteiger partial charge is 0.295 e. The van der Waals surface area contributed by atoms with Crippen molar-refractivity contribution in [3.8, 4) is 0 Å². The molecular weight excluding hydrogens is 428 g/mol. The molecule has 0 spiro atoms. The first-order valence-electron chi connectivity index (χ1n) is 11.6. The summed E-state index contributed by atoms with van der Waals surface area (Å²) >= 11 is 0. The van der Waals surface area contributed by atoms with Gasteiger partial charge in [0, 0.05) is 11.8 Å². The van der Waals surface area contributed by atoms with E-state index in [0.717, 1.165) is 16.0 Å². The Morgan fingerprint density at radius 2 is 1.76 bits per heavy atom. The number of aryl methyl sites for hydroxylation is 1. The number of likely N-dealkylation sites (tertiary alicyclic amines) is 1. The van der Waals surface area contributed by atoms with Gasteiger partial charge in [-0.1, -0.05) is 56.9 Å². The Labute approximate surface area is 200 Å². The molecule has 0 bridgehead atoms. The van der Waals surface area contributed by atoms with Gasteiger partial charge in [0.2, 0.25) is 5.78 Å². The fourth-order valence-electron chi connectivity index (χ4n) is 4.47. The molecule has 7 nitrogen and oxygen atoms in total. The second-order valence-electron chi connectivity index (χ2n) is 10.3. The van der Waals surface area contributed by atoms with Crippen molar-refractivity contribution < 1.29 is 19.6 Å². The lowest BCUT2D eigenvalue weighted by Gasteiger charge is -2.28. The van der Waals surface area contributed by atoms with Crippen molar-refractivity contribution in [2.45, 2.75) is 39.2 Å². The largest absolute Gasteiger partial charge is 0.871 e. The van der Waals surface area contributed by atoms with Crippen LogP contribution in [0.15, 0.2) is 54.2 Å². The van der Waals surface area contributed by atoms with E-state index in [0.29, 0.717) is 30.1 Å². The highest BCUT2D eigenvalue weighted by atomic mass is 16.3. The van der Waals surface area contributed by atoms with Crippen LogP contribution in [0.3, 0.4) is 0 Å². The number of fused-ring (bicyclic) bond motifs is 1. The van der Waals surface area contributed by atoms with Gasteiger partial charge in [0.05, 0.1) is 44.6 Å². The third kappa shape index (κ3) is 4.12. The normalized spacial score (nSPS) is 18.4. The maximum atomic E-state index is 13.9. The molecule has 7 heteroatoms. The van der Waals surface area contributed by atoms with E-state index in [1.807, 2.05) is 56.6 Å². The first-order valence-corrected chi connectivity index (χ1v) is 11.6. The third-order valence-corrected chi connectivity index (χ3v) is 6.39. The molecule has 34 heavy (non-hydrogen) atoms. The Morgan fingerprint density at radius 3 is 2.38 bits per heavy atom. The van der Waals surface area contributed by atoms with Gasteiger partial charge in [0.25, 0.3) is 5.91 Å². The van der Waals surface area contributed by atoms with E-state index in [2.05, 4.69) is 25.8 Å². The quantitative estimate of drug-likeness (QED) is 0.354. The number of nitrogens with zero attached hydrogens (tertiary/aromatic N) is 3. The molecular formula is C27H32N4O3. The van der Waals surface area contributed by atoms with Crippen LogP contribution >= 0.6 is 0 Å². The van der Waals surface area contributed by atoms with Crippen molar-refractivity contribution in [3.63, 3.8) is 0 Å². The zero-order chi connectivity index (χ0) is 24.8. The Balaban J connectivity index is 1.90. The number of hydrogen-bond acceptors (Lipinski definition) is 4. The number of likely N-dealkylation sites (N-methyl/N-ethyl adjacent to an activating group) is 1. The summed E-state index contributed by atoms with van der Waals surface area (Å²) in [7, 11) is 3.99. The number of aromatic nitrogens is 2. The van der Waals surface area contributed by atoms with E-state index in [9.17, 15) is 14.7 Å². The van der Waals surface area contributed by atoms with E-state index in [4.69, 9.17) is 0 Å². The number of quaternary nitrogens is 1. The van der Waals surface area contributed by atoms with Crippen LogP contribution in [0.5, 0.6) is 0 Å². The van der Waals surface area contributed by atoms with Crippen LogP contribution in [0.2, 0.25) is 0 Å². The molecule has 178 valence electrons. The van der Waals surface area contributed by atoms with Crippen molar-refractivity contribution >= 4 is 23.1 Å². The zero-order valence-corrected chi connectivity index (χ0v) is 20.7. The summed E-state index contributed by atoms with van der Waals surface area (Å²) in [5.74, 6) is -1.80. The molecule has 3 heterocycles. The molecule has 2 aromatic heterocycles. The number of nitrogens with one attached hydrogen (secondary N) is 1. The molecule has 1 N–H and O–H groups in total. The van der Waals surface area contributed by atoms with E-state index in [-0.39, 0.29) is 11.0 Å². The van der Waals surface area contributed by atoms with Crippen LogP contribution < -0.4 is 10.0 Å². The summed E-state index contributed by atoms with van der Waals surface area (Å²) in [6.07, 6.45) is 1.75. The highest BCUT2D eigenvalue weighted by molar-refractivity contribution is 6.46. The van der Waals surface area contributed by atoms with Crippen molar-refractivity contribution in [1.29, 1.82) is 0 Å². The predicted octanol–water partition coefficient (Wildman–Crippen LogP) is 1.31.